The fourth-order valence-electron chi connectivity index (χ4n) is 4.22. The minimum Gasteiger partial charge on any atom is -0.343 e. The van der Waals surface area contributed by atoms with Crippen LogP contribution in [0.5, 0.6) is 0 Å². The molecule has 1 saturated heterocycles. The van der Waals surface area contributed by atoms with E-state index in [2.05, 4.69) is 58.8 Å². The van der Waals surface area contributed by atoms with Gasteiger partial charge in [0.2, 0.25) is 5.91 Å². The zero-order valence-electron chi connectivity index (χ0n) is 16.4. The predicted octanol–water partition coefficient (Wildman–Crippen LogP) is 3.99. The molecule has 1 aliphatic heterocycles. The molecule has 4 rings (SSSR count). The van der Waals surface area contributed by atoms with Gasteiger partial charge in [-0.15, -0.1) is 0 Å². The van der Waals surface area contributed by atoms with Crippen molar-refractivity contribution in [3.05, 3.63) is 70.1 Å². The summed E-state index contributed by atoms with van der Waals surface area (Å²) in [5.74, 6) is -0.740. The number of benzene rings is 2. The van der Waals surface area contributed by atoms with Crippen LogP contribution in [-0.2, 0) is 17.8 Å². The zero-order chi connectivity index (χ0) is 20.5. The Morgan fingerprint density at radius 3 is 2.79 bits per heavy atom. The molecule has 0 radical (unpaired) electrons. The number of amides is 1. The highest BCUT2D eigenvalue weighted by atomic mass is 35.5. The van der Waals surface area contributed by atoms with Gasteiger partial charge < -0.3 is 9.88 Å². The van der Waals surface area contributed by atoms with E-state index in [0.29, 0.717) is 6.42 Å². The van der Waals surface area contributed by atoms with Crippen LogP contribution in [0.15, 0.2) is 42.5 Å². The van der Waals surface area contributed by atoms with Gasteiger partial charge in [-0.25, -0.2) is 15.2 Å². The number of nitrogens with one attached hydrogen (secondary N) is 3. The molecule has 1 fully saturated rings. The molecular weight excluding hydrogens is 391 g/mol. The first kappa shape index (κ1) is 19.9. The maximum absolute atomic E-state index is 13.9. The Hall–Kier alpha value is -2.41. The van der Waals surface area contributed by atoms with E-state index in [1.165, 1.54) is 34.3 Å². The van der Waals surface area contributed by atoms with Crippen LogP contribution in [0.25, 0.3) is 10.9 Å². The summed E-state index contributed by atoms with van der Waals surface area (Å²) in [6.45, 7) is 5.14. The Bertz CT molecular complexity index is 1040. The van der Waals surface area contributed by atoms with Crippen molar-refractivity contribution in [1.29, 1.82) is 0 Å². The molecule has 29 heavy (non-hydrogen) atoms. The molecular formula is C22H24ClFN4O. The summed E-state index contributed by atoms with van der Waals surface area (Å²) in [7, 11) is 0. The van der Waals surface area contributed by atoms with Crippen molar-refractivity contribution < 1.29 is 9.18 Å². The van der Waals surface area contributed by atoms with Crippen LogP contribution < -0.4 is 16.2 Å². The van der Waals surface area contributed by atoms with Crippen LogP contribution in [0.3, 0.4) is 0 Å². The highest BCUT2D eigenvalue weighted by Crippen LogP contribution is 2.32. The molecule has 2 aromatic carbocycles. The largest absolute Gasteiger partial charge is 0.343 e. The molecule has 1 aromatic heterocycles. The molecule has 3 aromatic rings. The number of carbonyl (C=O) groups is 1. The molecule has 2 unspecified atom stereocenters. The van der Waals surface area contributed by atoms with Gasteiger partial charge in [0.15, 0.2) is 0 Å². The summed E-state index contributed by atoms with van der Waals surface area (Å²) < 4.78 is 16.3. The second kappa shape index (κ2) is 8.14. The molecule has 2 atom stereocenters. The van der Waals surface area contributed by atoms with E-state index in [9.17, 15) is 9.18 Å². The number of hydrogen-bond donors (Lipinski definition) is 3. The average molecular weight is 415 g/mol. The van der Waals surface area contributed by atoms with Crippen molar-refractivity contribution in [1.82, 2.24) is 20.7 Å². The lowest BCUT2D eigenvalue weighted by Crippen LogP contribution is -2.44. The lowest BCUT2D eigenvalue weighted by molar-refractivity contribution is -0.121. The van der Waals surface area contributed by atoms with Gasteiger partial charge >= 0.3 is 0 Å². The Kier molecular flexibility index (Phi) is 5.58. The summed E-state index contributed by atoms with van der Waals surface area (Å²) in [4.78, 5) is 12.4. The van der Waals surface area contributed by atoms with E-state index in [1.54, 1.807) is 6.07 Å². The summed E-state index contributed by atoms with van der Waals surface area (Å²) in [6, 6.07) is 12.9. The smallest absolute Gasteiger partial charge is 0.225 e. The van der Waals surface area contributed by atoms with Gasteiger partial charge in [-0.1, -0.05) is 35.9 Å². The van der Waals surface area contributed by atoms with Crippen molar-refractivity contribution >= 4 is 28.4 Å². The minimum atomic E-state index is -0.467. The molecule has 0 bridgehead atoms. The minimum absolute atomic E-state index is 0.0599. The fourth-order valence-corrected chi connectivity index (χ4v) is 4.45. The third-order valence-electron chi connectivity index (χ3n) is 5.56. The van der Waals surface area contributed by atoms with Gasteiger partial charge in [0.25, 0.3) is 0 Å². The number of carbonyl (C=O) groups excluding carboxylic acids is 1. The number of para-hydroxylation sites is 1. The molecule has 0 spiro atoms. The van der Waals surface area contributed by atoms with E-state index in [1.807, 2.05) is 0 Å². The van der Waals surface area contributed by atoms with Gasteiger partial charge in [0, 0.05) is 40.1 Å². The van der Waals surface area contributed by atoms with Gasteiger partial charge in [-0.05, 0) is 37.6 Å². The number of hydrazine groups is 1. The van der Waals surface area contributed by atoms with Crippen LogP contribution in [0, 0.1) is 12.7 Å². The van der Waals surface area contributed by atoms with Crippen molar-refractivity contribution in [3.63, 3.8) is 0 Å². The van der Waals surface area contributed by atoms with Crippen LogP contribution in [0.4, 0.5) is 4.39 Å². The third kappa shape index (κ3) is 3.75. The van der Waals surface area contributed by atoms with Crippen molar-refractivity contribution in [2.75, 3.05) is 0 Å². The molecule has 7 heteroatoms. The van der Waals surface area contributed by atoms with Crippen LogP contribution in [0.1, 0.15) is 36.2 Å². The molecule has 2 heterocycles. The summed E-state index contributed by atoms with van der Waals surface area (Å²) in [5.41, 5.74) is 10.4. The number of fused-ring (bicyclic) bond motifs is 1. The first-order valence-electron chi connectivity index (χ1n) is 9.80. The van der Waals surface area contributed by atoms with Gasteiger partial charge in [0.05, 0.1) is 18.6 Å². The first-order chi connectivity index (χ1) is 14.0. The standard InChI is InChI=1S/C22H24ClFN4O/c1-3-28-19-10-5-4-7-14(19)13(2)22(28)18-12-20(27-26-18)25-21(29)11-15-16(23)8-6-9-17(15)24/h4-10,18,20,26-27H,3,11-12H2,1-2H3,(H,25,29). The molecule has 5 nitrogen and oxygen atoms in total. The van der Waals surface area contributed by atoms with Crippen LogP contribution in [0.2, 0.25) is 5.02 Å². The second-order valence-electron chi connectivity index (χ2n) is 7.35. The summed E-state index contributed by atoms with van der Waals surface area (Å²) in [6.07, 6.45) is 0.344. The Morgan fingerprint density at radius 1 is 1.24 bits per heavy atom. The highest BCUT2D eigenvalue weighted by Gasteiger charge is 2.30. The molecule has 1 aliphatic rings. The first-order valence-corrected chi connectivity index (χ1v) is 10.2. The van der Waals surface area contributed by atoms with Crippen molar-refractivity contribution in [3.8, 4) is 0 Å². The molecule has 3 N–H and O–H groups in total. The maximum Gasteiger partial charge on any atom is 0.225 e. The van der Waals surface area contributed by atoms with Gasteiger partial charge in [-0.2, -0.15) is 0 Å². The SMILES string of the molecule is CCn1c(C2CC(NC(=O)Cc3c(F)cccc3Cl)NN2)c(C)c2ccccc21. The lowest BCUT2D eigenvalue weighted by atomic mass is 10.0. The average Bonchev–Trinajstić information content (AvgIpc) is 3.27. The number of aryl methyl sites for hydroxylation is 2. The maximum atomic E-state index is 13.9. The highest BCUT2D eigenvalue weighted by molar-refractivity contribution is 6.31. The normalized spacial score (nSPS) is 19.0. The quantitative estimate of drug-likeness (QED) is 0.591. The van der Waals surface area contributed by atoms with E-state index < -0.39 is 5.82 Å². The lowest BCUT2D eigenvalue weighted by Gasteiger charge is -2.15. The Morgan fingerprint density at radius 2 is 2.03 bits per heavy atom. The Labute approximate surface area is 174 Å². The van der Waals surface area contributed by atoms with E-state index in [4.69, 9.17) is 11.6 Å². The third-order valence-corrected chi connectivity index (χ3v) is 5.91. The predicted molar refractivity (Wildman–Crippen MR) is 113 cm³/mol. The van der Waals surface area contributed by atoms with Crippen LogP contribution >= 0.6 is 11.6 Å². The number of nitrogens with zero attached hydrogens (tertiary/aromatic N) is 1. The van der Waals surface area contributed by atoms with Crippen LogP contribution in [-0.4, -0.2) is 16.6 Å². The molecule has 1 amide bonds. The summed E-state index contributed by atoms with van der Waals surface area (Å²) in [5, 5.41) is 4.43. The van der Waals surface area contributed by atoms with E-state index >= 15 is 0 Å². The second-order valence-corrected chi connectivity index (χ2v) is 7.75. The molecule has 0 saturated carbocycles. The number of rotatable bonds is 5. The van der Waals surface area contributed by atoms with Gasteiger partial charge in [0.1, 0.15) is 5.82 Å². The topological polar surface area (TPSA) is 58.1 Å². The molecule has 152 valence electrons. The zero-order valence-corrected chi connectivity index (χ0v) is 17.2. The monoisotopic (exact) mass is 414 g/mol. The van der Waals surface area contributed by atoms with Crippen molar-refractivity contribution in [2.45, 2.75) is 45.4 Å². The number of halogens is 2. The fraction of sp³-hybridized carbons (Fsp3) is 0.318. The van der Waals surface area contributed by atoms with E-state index in [-0.39, 0.29) is 35.1 Å². The van der Waals surface area contributed by atoms with Crippen molar-refractivity contribution in [2.24, 2.45) is 0 Å². The molecule has 0 aliphatic carbocycles. The number of hydrogen-bond acceptors (Lipinski definition) is 3. The van der Waals surface area contributed by atoms with E-state index in [0.717, 1.165) is 6.54 Å². The number of aromatic nitrogens is 1. The summed E-state index contributed by atoms with van der Waals surface area (Å²) >= 11 is 6.03. The Balaban J connectivity index is 1.48. The van der Waals surface area contributed by atoms with Gasteiger partial charge in [-0.3, -0.25) is 4.79 Å².